The summed E-state index contributed by atoms with van der Waals surface area (Å²) in [6.07, 6.45) is 4.19. The molecule has 6 heteroatoms. The van der Waals surface area contributed by atoms with Crippen LogP contribution in [0.1, 0.15) is 13.8 Å². The summed E-state index contributed by atoms with van der Waals surface area (Å²) in [5.41, 5.74) is 0.608. The molecule has 0 bridgehead atoms. The Balaban J connectivity index is 1.97. The Morgan fingerprint density at radius 3 is 2.14 bits per heavy atom. The van der Waals surface area contributed by atoms with Gasteiger partial charge in [0.25, 0.3) is 5.69 Å². The van der Waals surface area contributed by atoms with Gasteiger partial charge in [0, 0.05) is 23.7 Å². The molecule has 1 fully saturated rings. The minimum atomic E-state index is -0.457. The van der Waals surface area contributed by atoms with Gasteiger partial charge in [0.1, 0.15) is 0 Å². The maximum Gasteiger partial charge on any atom is 0.269 e. The van der Waals surface area contributed by atoms with Gasteiger partial charge in [-0.25, -0.2) is 0 Å². The largest absolute Gasteiger partial charge is 0.274 e. The fraction of sp³-hybridized carbons (Fsp3) is 0.375. The quantitative estimate of drug-likeness (QED) is 0.363. The van der Waals surface area contributed by atoms with Crippen LogP contribution in [0.2, 0.25) is 0 Å². The van der Waals surface area contributed by atoms with Crippen LogP contribution in [0.5, 0.6) is 0 Å². The first-order valence-corrected chi connectivity index (χ1v) is 7.63. The highest BCUT2D eigenvalue weighted by molar-refractivity contribution is 7.80. The lowest BCUT2D eigenvalue weighted by Crippen LogP contribution is -2.31. The van der Waals surface area contributed by atoms with E-state index in [1.54, 1.807) is 17.0 Å². The van der Waals surface area contributed by atoms with Crippen molar-refractivity contribution in [2.24, 2.45) is 23.7 Å². The molecule has 3 rings (SSSR count). The van der Waals surface area contributed by atoms with Crippen LogP contribution in [0, 0.1) is 33.8 Å². The summed E-state index contributed by atoms with van der Waals surface area (Å²) in [7, 11) is 0. The molecule has 0 saturated carbocycles. The molecule has 0 aromatic heterocycles. The zero-order valence-electron chi connectivity index (χ0n) is 12.3. The van der Waals surface area contributed by atoms with E-state index in [1.165, 1.54) is 12.1 Å². The zero-order chi connectivity index (χ0) is 16.0. The summed E-state index contributed by atoms with van der Waals surface area (Å²) < 4.78 is 0. The molecule has 0 N–H and O–H groups in total. The Hall–Kier alpha value is -2.08. The third kappa shape index (κ3) is 2.14. The summed E-state index contributed by atoms with van der Waals surface area (Å²) in [6.45, 7) is 4.10. The molecule has 5 nitrogen and oxygen atoms in total. The number of carbonyl (C=O) groups is 1. The number of carbonyl (C=O) groups excluding carboxylic acids is 1. The number of nitrogens with zero attached hydrogens (tertiary/aromatic N) is 2. The van der Waals surface area contributed by atoms with Gasteiger partial charge in [-0.05, 0) is 24.0 Å². The number of non-ortho nitro benzene ring substituents is 1. The van der Waals surface area contributed by atoms with Crippen LogP contribution in [0.15, 0.2) is 36.4 Å². The van der Waals surface area contributed by atoms with Crippen molar-refractivity contribution in [1.29, 1.82) is 0 Å². The van der Waals surface area contributed by atoms with E-state index < -0.39 is 4.92 Å². The van der Waals surface area contributed by atoms with E-state index in [0.717, 1.165) is 0 Å². The molecule has 114 valence electrons. The van der Waals surface area contributed by atoms with E-state index in [2.05, 4.69) is 19.1 Å². The van der Waals surface area contributed by atoms with Gasteiger partial charge in [-0.1, -0.05) is 38.2 Å². The first kappa shape index (κ1) is 14.8. The molecule has 1 heterocycles. The van der Waals surface area contributed by atoms with Crippen molar-refractivity contribution in [1.82, 2.24) is 0 Å². The van der Waals surface area contributed by atoms with Gasteiger partial charge in [-0.2, -0.15) is 0 Å². The van der Waals surface area contributed by atoms with Gasteiger partial charge in [0.05, 0.1) is 15.8 Å². The predicted molar refractivity (Wildman–Crippen MR) is 87.6 cm³/mol. The topological polar surface area (TPSA) is 63.5 Å². The standard InChI is InChI=1S/C16H16N2O3S/c1-9-3-4-10(2)14-13(9)15(19)17(16(14)22)11-5-7-12(8-6-11)18(20)21/h3-10,13-14H,1-2H3/t9-,10+,13-,14+/m0/s1. The minimum Gasteiger partial charge on any atom is -0.274 e. The highest BCUT2D eigenvalue weighted by Gasteiger charge is 2.50. The van der Waals surface area contributed by atoms with Crippen molar-refractivity contribution < 1.29 is 9.72 Å². The van der Waals surface area contributed by atoms with Crippen LogP contribution in [0.3, 0.4) is 0 Å². The molecular formula is C16H16N2O3S. The number of benzene rings is 1. The number of nitro benzene ring substituents is 1. The minimum absolute atomic E-state index is 0.00198. The van der Waals surface area contributed by atoms with Crippen LogP contribution in [0.4, 0.5) is 11.4 Å². The lowest BCUT2D eigenvalue weighted by atomic mass is 9.73. The molecule has 1 aromatic rings. The highest BCUT2D eigenvalue weighted by atomic mass is 32.1. The van der Waals surface area contributed by atoms with Crippen molar-refractivity contribution in [3.05, 3.63) is 46.5 Å². The average molecular weight is 316 g/mol. The zero-order valence-corrected chi connectivity index (χ0v) is 13.1. The fourth-order valence-electron chi connectivity index (χ4n) is 3.39. The van der Waals surface area contributed by atoms with Gasteiger partial charge in [-0.3, -0.25) is 19.8 Å². The first-order valence-electron chi connectivity index (χ1n) is 7.22. The Morgan fingerprint density at radius 2 is 1.64 bits per heavy atom. The second-order valence-corrected chi connectivity index (χ2v) is 6.36. The highest BCUT2D eigenvalue weighted by Crippen LogP contribution is 2.43. The first-order chi connectivity index (χ1) is 10.4. The molecular weight excluding hydrogens is 300 g/mol. The molecule has 2 aliphatic rings. The Kier molecular flexibility index (Phi) is 3.56. The molecule has 4 atom stereocenters. The molecule has 0 radical (unpaired) electrons. The molecule has 1 amide bonds. The smallest absolute Gasteiger partial charge is 0.269 e. The number of allylic oxidation sites excluding steroid dienone is 2. The number of fused-ring (bicyclic) bond motifs is 1. The SMILES string of the molecule is C[C@@H]1C=C[C@H](C)[C@@H]2C(=O)N(c3ccc([N+](=O)[O-])cc3)C(=S)[C@@H]21. The Bertz CT molecular complexity index is 653. The lowest BCUT2D eigenvalue weighted by molar-refractivity contribution is -0.384. The van der Waals surface area contributed by atoms with Crippen LogP contribution >= 0.6 is 12.2 Å². The van der Waals surface area contributed by atoms with Gasteiger partial charge in [-0.15, -0.1) is 0 Å². The molecule has 0 unspecified atom stereocenters. The van der Waals surface area contributed by atoms with E-state index in [4.69, 9.17) is 12.2 Å². The molecule has 0 spiro atoms. The van der Waals surface area contributed by atoms with Gasteiger partial charge >= 0.3 is 0 Å². The number of thiocarbonyl (C=S) groups is 1. The van der Waals surface area contributed by atoms with Crippen molar-refractivity contribution in [2.45, 2.75) is 13.8 Å². The van der Waals surface area contributed by atoms with Gasteiger partial charge in [0.2, 0.25) is 5.91 Å². The number of nitro groups is 1. The maximum absolute atomic E-state index is 12.8. The van der Waals surface area contributed by atoms with Crippen LogP contribution < -0.4 is 4.90 Å². The fourth-order valence-corrected chi connectivity index (χ4v) is 3.94. The number of hydrogen-bond donors (Lipinski definition) is 0. The van der Waals surface area contributed by atoms with E-state index in [-0.39, 0.29) is 35.3 Å². The van der Waals surface area contributed by atoms with E-state index >= 15 is 0 Å². The van der Waals surface area contributed by atoms with E-state index in [9.17, 15) is 14.9 Å². The number of rotatable bonds is 2. The van der Waals surface area contributed by atoms with Crippen LogP contribution in [-0.4, -0.2) is 15.8 Å². The Morgan fingerprint density at radius 1 is 1.09 bits per heavy atom. The normalized spacial score (nSPS) is 30.5. The number of hydrogen-bond acceptors (Lipinski definition) is 4. The molecule has 1 aromatic carbocycles. The van der Waals surface area contributed by atoms with Gasteiger partial charge in [0.15, 0.2) is 0 Å². The molecule has 22 heavy (non-hydrogen) atoms. The Labute approximate surface area is 133 Å². The average Bonchev–Trinajstić information content (AvgIpc) is 2.76. The predicted octanol–water partition coefficient (Wildman–Crippen LogP) is 3.34. The maximum atomic E-state index is 12.8. The number of amides is 1. The second-order valence-electron chi connectivity index (χ2n) is 5.94. The molecule has 1 aliphatic carbocycles. The third-order valence-corrected chi connectivity index (χ3v) is 5.02. The van der Waals surface area contributed by atoms with E-state index in [0.29, 0.717) is 10.7 Å². The summed E-state index contributed by atoms with van der Waals surface area (Å²) in [4.78, 5) is 25.3. The summed E-state index contributed by atoms with van der Waals surface area (Å²) in [6, 6.07) is 5.97. The van der Waals surface area contributed by atoms with Crippen molar-refractivity contribution in [2.75, 3.05) is 4.90 Å². The van der Waals surface area contributed by atoms with Crippen LogP contribution in [0.25, 0.3) is 0 Å². The molecule has 1 aliphatic heterocycles. The van der Waals surface area contributed by atoms with Crippen molar-refractivity contribution >= 4 is 34.5 Å². The molecule has 1 saturated heterocycles. The van der Waals surface area contributed by atoms with Gasteiger partial charge < -0.3 is 0 Å². The third-order valence-electron chi connectivity index (χ3n) is 4.57. The number of anilines is 1. The van der Waals surface area contributed by atoms with Crippen molar-refractivity contribution in [3.63, 3.8) is 0 Å². The van der Waals surface area contributed by atoms with E-state index in [1.807, 2.05) is 6.92 Å². The lowest BCUT2D eigenvalue weighted by Gasteiger charge is -2.28. The second kappa shape index (κ2) is 5.28. The summed E-state index contributed by atoms with van der Waals surface area (Å²) >= 11 is 5.55. The van der Waals surface area contributed by atoms with Crippen molar-refractivity contribution in [3.8, 4) is 0 Å². The summed E-state index contributed by atoms with van der Waals surface area (Å²) in [5, 5.41) is 10.7. The van der Waals surface area contributed by atoms with Crippen LogP contribution in [-0.2, 0) is 4.79 Å². The monoisotopic (exact) mass is 316 g/mol. The summed E-state index contributed by atoms with van der Waals surface area (Å²) in [5.74, 6) is 0.253.